The van der Waals surface area contributed by atoms with Crippen LogP contribution < -0.4 is 4.74 Å². The number of furan rings is 1. The van der Waals surface area contributed by atoms with Gasteiger partial charge in [-0.3, -0.25) is 0 Å². The number of rotatable bonds is 7. The van der Waals surface area contributed by atoms with Crippen LogP contribution in [-0.2, 0) is 17.8 Å². The number of aromatic nitrogens is 2. The number of phenols is 1. The summed E-state index contributed by atoms with van der Waals surface area (Å²) in [6, 6.07) is 12.5. The van der Waals surface area contributed by atoms with Crippen molar-refractivity contribution in [2.45, 2.75) is 33.8 Å². The third kappa shape index (κ3) is 5.15. The molecule has 0 aliphatic rings. The van der Waals surface area contributed by atoms with Crippen LogP contribution in [0.3, 0.4) is 0 Å². The number of methoxy groups -OCH3 is 1. The first-order chi connectivity index (χ1) is 16.8. The van der Waals surface area contributed by atoms with Crippen LogP contribution in [0.15, 0.2) is 53.1 Å². The molecule has 0 spiro atoms. The zero-order valence-electron chi connectivity index (χ0n) is 19.9. The summed E-state index contributed by atoms with van der Waals surface area (Å²) in [7, 11) is 1.29. The molecule has 0 amide bonds. The Hall–Kier alpha value is -3.84. The van der Waals surface area contributed by atoms with Gasteiger partial charge in [0, 0.05) is 34.0 Å². The summed E-state index contributed by atoms with van der Waals surface area (Å²) in [5, 5.41) is 11.7. The molecule has 4 aromatic rings. The van der Waals surface area contributed by atoms with Crippen molar-refractivity contribution in [1.29, 1.82) is 0 Å². The molecule has 8 heteroatoms. The van der Waals surface area contributed by atoms with Crippen LogP contribution in [-0.4, -0.2) is 28.2 Å². The zero-order valence-corrected chi connectivity index (χ0v) is 20.6. The van der Waals surface area contributed by atoms with E-state index in [4.69, 9.17) is 25.5 Å². The highest BCUT2D eigenvalue weighted by molar-refractivity contribution is 6.30. The van der Waals surface area contributed by atoms with E-state index in [2.05, 4.69) is 9.97 Å². The van der Waals surface area contributed by atoms with Crippen molar-refractivity contribution in [3.63, 3.8) is 0 Å². The first-order valence-electron chi connectivity index (χ1n) is 11.1. The molecular weight excluding hydrogens is 468 g/mol. The molecule has 0 aliphatic heterocycles. The maximum atomic E-state index is 12.0. The molecule has 0 radical (unpaired) electrons. The smallest absolute Gasteiger partial charge is 0.373 e. The van der Waals surface area contributed by atoms with E-state index < -0.39 is 5.97 Å². The minimum atomic E-state index is -0.577. The van der Waals surface area contributed by atoms with Crippen LogP contribution in [0, 0.1) is 13.8 Å². The second-order valence-electron chi connectivity index (χ2n) is 8.00. The molecule has 0 unspecified atom stereocenters. The third-order valence-electron chi connectivity index (χ3n) is 5.63. The molecule has 0 saturated carbocycles. The number of aromatic hydroxyl groups is 1. The van der Waals surface area contributed by atoms with E-state index in [0.29, 0.717) is 57.8 Å². The number of carbonyl (C=O) groups excluding carboxylic acids is 1. The molecule has 2 aromatic carbocycles. The summed E-state index contributed by atoms with van der Waals surface area (Å²) in [5.41, 5.74) is 4.19. The Bertz CT molecular complexity index is 1380. The maximum Gasteiger partial charge on any atom is 0.373 e. The summed E-state index contributed by atoms with van der Waals surface area (Å²) in [4.78, 5) is 20.9. The summed E-state index contributed by atoms with van der Waals surface area (Å²) in [5.74, 6) is 1.16. The molecule has 0 atom stereocenters. The van der Waals surface area contributed by atoms with Gasteiger partial charge in [0.25, 0.3) is 0 Å². The summed E-state index contributed by atoms with van der Waals surface area (Å²) in [6.07, 6.45) is 2.34. The van der Waals surface area contributed by atoms with E-state index in [1.54, 1.807) is 32.2 Å². The van der Waals surface area contributed by atoms with E-state index in [1.807, 2.05) is 37.3 Å². The molecule has 2 heterocycles. The Morgan fingerprint density at radius 2 is 1.83 bits per heavy atom. The van der Waals surface area contributed by atoms with Gasteiger partial charge >= 0.3 is 5.97 Å². The Kier molecular flexibility index (Phi) is 7.07. The summed E-state index contributed by atoms with van der Waals surface area (Å²) in [6.45, 7) is 5.87. The van der Waals surface area contributed by atoms with Crippen molar-refractivity contribution >= 4 is 17.6 Å². The number of aryl methyl sites for hydroxylation is 3. The molecule has 0 bridgehead atoms. The second-order valence-corrected chi connectivity index (χ2v) is 8.43. The standard InChI is InChI=1S/C27H25ClN2O5/c1-5-18-10-21(23(31)12-24(18)34-14-17-6-8-19(28)9-7-17)26-22(13-29-16(3)30-26)20-11-25(27(32)33-4)35-15(20)2/h6-13,31H,5,14H2,1-4H3. The average Bonchev–Trinajstić information content (AvgIpc) is 3.24. The fourth-order valence-corrected chi connectivity index (χ4v) is 3.91. The maximum absolute atomic E-state index is 12.0. The van der Waals surface area contributed by atoms with Crippen molar-refractivity contribution in [1.82, 2.24) is 9.97 Å². The number of hydrogen-bond acceptors (Lipinski definition) is 7. The molecule has 0 aliphatic carbocycles. The quantitative estimate of drug-likeness (QED) is 0.302. The van der Waals surface area contributed by atoms with Crippen molar-refractivity contribution in [3.8, 4) is 33.9 Å². The molecular formula is C27H25ClN2O5. The number of phenolic OH excluding ortho intramolecular Hbond substituents is 1. The van der Waals surface area contributed by atoms with Gasteiger partial charge in [-0.2, -0.15) is 0 Å². The minimum Gasteiger partial charge on any atom is -0.507 e. The lowest BCUT2D eigenvalue weighted by Crippen LogP contribution is -2.01. The summed E-state index contributed by atoms with van der Waals surface area (Å²) < 4.78 is 16.4. The van der Waals surface area contributed by atoms with Gasteiger partial charge in [-0.25, -0.2) is 14.8 Å². The highest BCUT2D eigenvalue weighted by Crippen LogP contribution is 2.40. The SMILES string of the molecule is CCc1cc(-c2nc(C)ncc2-c2cc(C(=O)OC)oc2C)c(O)cc1OCc1ccc(Cl)cc1. The molecule has 4 rings (SSSR count). The average molecular weight is 493 g/mol. The zero-order chi connectivity index (χ0) is 25.1. The Labute approximate surface area is 208 Å². The molecule has 2 aromatic heterocycles. The van der Waals surface area contributed by atoms with Gasteiger partial charge in [0.05, 0.1) is 12.8 Å². The third-order valence-corrected chi connectivity index (χ3v) is 5.88. The first kappa shape index (κ1) is 24.3. The highest BCUT2D eigenvalue weighted by Gasteiger charge is 2.22. The topological polar surface area (TPSA) is 94.7 Å². The lowest BCUT2D eigenvalue weighted by molar-refractivity contribution is 0.0563. The van der Waals surface area contributed by atoms with Gasteiger partial charge in [0.2, 0.25) is 5.76 Å². The molecule has 0 fully saturated rings. The number of nitrogens with zero attached hydrogens (tertiary/aromatic N) is 2. The van der Waals surface area contributed by atoms with Gasteiger partial charge in [-0.1, -0.05) is 30.7 Å². The van der Waals surface area contributed by atoms with Crippen LogP contribution in [0.5, 0.6) is 11.5 Å². The highest BCUT2D eigenvalue weighted by atomic mass is 35.5. The molecule has 180 valence electrons. The Morgan fingerprint density at radius 3 is 2.51 bits per heavy atom. The van der Waals surface area contributed by atoms with E-state index in [0.717, 1.165) is 11.1 Å². The van der Waals surface area contributed by atoms with Crippen molar-refractivity contribution in [2.24, 2.45) is 0 Å². The number of carbonyl (C=O) groups is 1. The second kappa shape index (κ2) is 10.2. The largest absolute Gasteiger partial charge is 0.507 e. The van der Waals surface area contributed by atoms with Crippen LogP contribution in [0.1, 0.15) is 40.2 Å². The van der Waals surface area contributed by atoms with E-state index >= 15 is 0 Å². The number of benzene rings is 2. The van der Waals surface area contributed by atoms with Gasteiger partial charge < -0.3 is 19.0 Å². The fraction of sp³-hybridized carbons (Fsp3) is 0.222. The lowest BCUT2D eigenvalue weighted by Gasteiger charge is -2.16. The van der Waals surface area contributed by atoms with Gasteiger partial charge in [0.1, 0.15) is 29.7 Å². The van der Waals surface area contributed by atoms with E-state index in [1.165, 1.54) is 7.11 Å². The minimum absolute atomic E-state index is 0.0157. The van der Waals surface area contributed by atoms with Gasteiger partial charge in [-0.15, -0.1) is 0 Å². The van der Waals surface area contributed by atoms with Crippen LogP contribution >= 0.6 is 11.6 Å². The van der Waals surface area contributed by atoms with Crippen molar-refractivity contribution < 1.29 is 23.8 Å². The Balaban J connectivity index is 1.75. The number of hydrogen-bond donors (Lipinski definition) is 1. The predicted octanol–water partition coefficient (Wildman–Crippen LogP) is 6.31. The van der Waals surface area contributed by atoms with Crippen molar-refractivity contribution in [3.05, 3.63) is 82.2 Å². The van der Waals surface area contributed by atoms with E-state index in [9.17, 15) is 9.90 Å². The van der Waals surface area contributed by atoms with Crippen LogP contribution in [0.25, 0.3) is 22.4 Å². The number of ether oxygens (including phenoxy) is 2. The first-order valence-corrected chi connectivity index (χ1v) is 11.4. The monoisotopic (exact) mass is 492 g/mol. The lowest BCUT2D eigenvalue weighted by atomic mass is 9.97. The normalized spacial score (nSPS) is 10.9. The van der Waals surface area contributed by atoms with Crippen LogP contribution in [0.2, 0.25) is 5.02 Å². The fourth-order valence-electron chi connectivity index (χ4n) is 3.78. The predicted molar refractivity (Wildman–Crippen MR) is 133 cm³/mol. The van der Waals surface area contributed by atoms with E-state index in [-0.39, 0.29) is 11.5 Å². The van der Waals surface area contributed by atoms with Gasteiger partial charge in [-0.05, 0) is 55.7 Å². The molecule has 1 N–H and O–H groups in total. The van der Waals surface area contributed by atoms with Crippen molar-refractivity contribution in [2.75, 3.05) is 7.11 Å². The molecule has 0 saturated heterocycles. The van der Waals surface area contributed by atoms with Crippen LogP contribution in [0.4, 0.5) is 0 Å². The molecule has 7 nitrogen and oxygen atoms in total. The van der Waals surface area contributed by atoms with Gasteiger partial charge in [0.15, 0.2) is 0 Å². The molecule has 35 heavy (non-hydrogen) atoms. The number of esters is 1. The summed E-state index contributed by atoms with van der Waals surface area (Å²) >= 11 is 5.96. The number of halogens is 1. The Morgan fingerprint density at radius 1 is 1.09 bits per heavy atom.